The molecule has 3 rings (SSSR count). The fourth-order valence-electron chi connectivity index (χ4n) is 2.78. The first-order valence-corrected chi connectivity index (χ1v) is 10.3. The fraction of sp³-hybridized carbons (Fsp3) is 0.125. The van der Waals surface area contributed by atoms with Gasteiger partial charge >= 0.3 is 5.97 Å². The van der Waals surface area contributed by atoms with Crippen LogP contribution in [-0.4, -0.2) is 12.6 Å². The lowest BCUT2D eigenvalue weighted by atomic mass is 10.2. The normalized spacial score (nSPS) is 10.5. The van der Waals surface area contributed by atoms with Gasteiger partial charge in [0.25, 0.3) is 0 Å². The number of benzene rings is 3. The average molecular weight is 374 g/mol. The van der Waals surface area contributed by atoms with Gasteiger partial charge in [0.05, 0.1) is 5.56 Å². The van der Waals surface area contributed by atoms with Gasteiger partial charge < -0.3 is 4.74 Å². The second-order valence-corrected chi connectivity index (χ2v) is 8.59. The van der Waals surface area contributed by atoms with Crippen LogP contribution in [-0.2, 0) is 4.74 Å². The zero-order chi connectivity index (χ0) is 19.1. The van der Waals surface area contributed by atoms with Crippen LogP contribution in [0, 0.1) is 0 Å². The van der Waals surface area contributed by atoms with Crippen molar-refractivity contribution in [1.29, 1.82) is 0 Å². The molecule has 0 amide bonds. The van der Waals surface area contributed by atoms with Crippen LogP contribution in [0.1, 0.15) is 24.2 Å². The monoisotopic (exact) mass is 374 g/mol. The Morgan fingerprint density at radius 1 is 0.815 bits per heavy atom. The molecule has 0 N–H and O–H groups in total. The smallest absolute Gasteiger partial charge is 0.339 e. The van der Waals surface area contributed by atoms with Crippen molar-refractivity contribution in [3.63, 3.8) is 0 Å². The molecule has 0 atom stereocenters. The topological polar surface area (TPSA) is 26.3 Å². The molecule has 0 aliphatic heterocycles. The Balaban J connectivity index is 2.03. The number of rotatable bonds is 6. The lowest BCUT2D eigenvalue weighted by Crippen LogP contribution is -2.25. The summed E-state index contributed by atoms with van der Waals surface area (Å²) >= 11 is 0. The van der Waals surface area contributed by atoms with Gasteiger partial charge in [-0.3, -0.25) is 0 Å². The molecule has 0 aliphatic rings. The van der Waals surface area contributed by atoms with Crippen molar-refractivity contribution < 1.29 is 9.53 Å². The molecule has 3 heteroatoms. The van der Waals surface area contributed by atoms with Crippen LogP contribution in [0.5, 0.6) is 0 Å². The highest BCUT2D eigenvalue weighted by atomic mass is 31.1. The molecule has 0 unspecified atom stereocenters. The summed E-state index contributed by atoms with van der Waals surface area (Å²) in [6.07, 6.45) is 1.91. The van der Waals surface area contributed by atoms with Gasteiger partial charge in [0, 0.05) is 0 Å². The summed E-state index contributed by atoms with van der Waals surface area (Å²) in [5, 5.41) is 3.44. The molecule has 27 heavy (non-hydrogen) atoms. The van der Waals surface area contributed by atoms with Crippen LogP contribution < -0.4 is 15.9 Å². The molecule has 2 nitrogen and oxygen atoms in total. The largest absolute Gasteiger partial charge is 0.458 e. The van der Waals surface area contributed by atoms with Gasteiger partial charge in [-0.25, -0.2) is 4.79 Å². The molecule has 0 saturated heterocycles. The Morgan fingerprint density at radius 2 is 1.33 bits per heavy atom. The Morgan fingerprint density at radius 3 is 1.89 bits per heavy atom. The van der Waals surface area contributed by atoms with Crippen LogP contribution in [0.2, 0.25) is 0 Å². The molecule has 3 aromatic rings. The molecule has 3 aromatic carbocycles. The van der Waals surface area contributed by atoms with Gasteiger partial charge in [-0.2, -0.15) is 0 Å². The van der Waals surface area contributed by atoms with Gasteiger partial charge in [-0.15, -0.1) is 0 Å². The Labute approximate surface area is 162 Å². The van der Waals surface area contributed by atoms with Gasteiger partial charge in [-0.05, 0) is 49.8 Å². The first kappa shape index (κ1) is 19.1. The number of carbonyl (C=O) groups is 1. The van der Waals surface area contributed by atoms with E-state index >= 15 is 0 Å². The molecular weight excluding hydrogens is 351 g/mol. The zero-order valence-electron chi connectivity index (χ0n) is 15.6. The number of esters is 1. The Bertz CT molecular complexity index is 874. The van der Waals surface area contributed by atoms with Crippen LogP contribution in [0.3, 0.4) is 0 Å². The second kappa shape index (κ2) is 9.30. The predicted molar refractivity (Wildman–Crippen MR) is 115 cm³/mol. The van der Waals surface area contributed by atoms with E-state index < -0.39 is 7.92 Å². The zero-order valence-corrected chi connectivity index (χ0v) is 16.5. The standard InChI is InChI=1S/C24H23O2P/c1-19(2)17-18-26-24(25)22-15-9-10-16-23(22)27(20-11-5-3-6-12-20)21-13-7-4-8-14-21/h3-17H,18H2,1-2H3. The van der Waals surface area contributed by atoms with Gasteiger partial charge in [-0.1, -0.05) is 84.4 Å². The maximum atomic E-state index is 12.8. The van der Waals surface area contributed by atoms with E-state index in [1.807, 2.05) is 80.6 Å². The lowest BCUT2D eigenvalue weighted by Gasteiger charge is -2.21. The highest BCUT2D eigenvalue weighted by Gasteiger charge is 2.22. The molecule has 0 radical (unpaired) electrons. The molecule has 0 spiro atoms. The van der Waals surface area contributed by atoms with E-state index in [9.17, 15) is 4.79 Å². The van der Waals surface area contributed by atoms with Crippen molar-refractivity contribution in [3.05, 3.63) is 102 Å². The Hall–Kier alpha value is -2.70. The van der Waals surface area contributed by atoms with Crippen molar-refractivity contribution in [3.8, 4) is 0 Å². The average Bonchev–Trinajstić information content (AvgIpc) is 2.70. The Kier molecular flexibility index (Phi) is 6.57. The van der Waals surface area contributed by atoms with E-state index in [4.69, 9.17) is 4.74 Å². The maximum absolute atomic E-state index is 12.8. The maximum Gasteiger partial charge on any atom is 0.339 e. The number of ether oxygens (including phenoxy) is 1. The molecule has 0 aliphatic carbocycles. The minimum Gasteiger partial charge on any atom is -0.458 e. The van der Waals surface area contributed by atoms with E-state index in [0.29, 0.717) is 12.2 Å². The van der Waals surface area contributed by atoms with Crippen molar-refractivity contribution in [2.45, 2.75) is 13.8 Å². The van der Waals surface area contributed by atoms with E-state index in [0.717, 1.165) is 10.9 Å². The highest BCUT2D eigenvalue weighted by molar-refractivity contribution is 7.80. The van der Waals surface area contributed by atoms with Crippen LogP contribution >= 0.6 is 7.92 Å². The van der Waals surface area contributed by atoms with Gasteiger partial charge in [0.1, 0.15) is 6.61 Å². The molecule has 0 heterocycles. The van der Waals surface area contributed by atoms with Crippen molar-refractivity contribution in [2.24, 2.45) is 0 Å². The fourth-order valence-corrected chi connectivity index (χ4v) is 5.22. The van der Waals surface area contributed by atoms with Crippen LogP contribution in [0.25, 0.3) is 0 Å². The van der Waals surface area contributed by atoms with Gasteiger partial charge in [0.2, 0.25) is 0 Å². The van der Waals surface area contributed by atoms with E-state index in [-0.39, 0.29) is 5.97 Å². The molecule has 0 fully saturated rings. The molecule has 136 valence electrons. The third-order valence-electron chi connectivity index (χ3n) is 4.10. The second-order valence-electron chi connectivity index (χ2n) is 6.40. The van der Waals surface area contributed by atoms with E-state index in [1.54, 1.807) is 0 Å². The van der Waals surface area contributed by atoms with Crippen molar-refractivity contribution >= 4 is 29.8 Å². The summed E-state index contributed by atoms with van der Waals surface area (Å²) < 4.78 is 5.50. The van der Waals surface area contributed by atoms with Crippen molar-refractivity contribution in [1.82, 2.24) is 0 Å². The first-order chi connectivity index (χ1) is 13.2. The van der Waals surface area contributed by atoms with Crippen LogP contribution in [0.4, 0.5) is 0 Å². The SMILES string of the molecule is CC(C)=CCOC(=O)c1ccccc1P(c1ccccc1)c1ccccc1. The first-order valence-electron chi connectivity index (χ1n) is 8.96. The van der Waals surface area contributed by atoms with Crippen LogP contribution in [0.15, 0.2) is 96.6 Å². The van der Waals surface area contributed by atoms with E-state index in [2.05, 4.69) is 24.3 Å². The predicted octanol–water partition coefficient (Wildman–Crippen LogP) is 4.57. The molecule has 0 aromatic heterocycles. The minimum absolute atomic E-state index is 0.275. The summed E-state index contributed by atoms with van der Waals surface area (Å²) in [5.41, 5.74) is 1.77. The number of carbonyl (C=O) groups excluding carboxylic acids is 1. The summed E-state index contributed by atoms with van der Waals surface area (Å²) in [6, 6.07) is 28.5. The molecular formula is C24H23O2P. The summed E-state index contributed by atoms with van der Waals surface area (Å²) in [6.45, 7) is 4.28. The minimum atomic E-state index is -0.843. The molecule has 0 saturated carbocycles. The number of allylic oxidation sites excluding steroid dienone is 1. The molecule has 0 bridgehead atoms. The highest BCUT2D eigenvalue weighted by Crippen LogP contribution is 2.34. The van der Waals surface area contributed by atoms with Crippen molar-refractivity contribution in [2.75, 3.05) is 6.61 Å². The number of hydrogen-bond acceptors (Lipinski definition) is 2. The third-order valence-corrected chi connectivity index (χ3v) is 6.60. The summed E-state index contributed by atoms with van der Waals surface area (Å²) in [5.74, 6) is -0.275. The third kappa shape index (κ3) is 4.93. The van der Waals surface area contributed by atoms with Gasteiger partial charge in [0.15, 0.2) is 0 Å². The summed E-state index contributed by atoms with van der Waals surface area (Å²) in [4.78, 5) is 12.8. The number of hydrogen-bond donors (Lipinski definition) is 0. The summed E-state index contributed by atoms with van der Waals surface area (Å²) in [7, 11) is -0.843. The quantitative estimate of drug-likeness (QED) is 0.359. The lowest BCUT2D eigenvalue weighted by molar-refractivity contribution is 0.0550. The van der Waals surface area contributed by atoms with E-state index in [1.165, 1.54) is 10.6 Å².